The summed E-state index contributed by atoms with van der Waals surface area (Å²) in [4.78, 5) is 14.5. The number of benzene rings is 1. The minimum Gasteiger partial charge on any atom is -0.388 e. The number of piperidine rings is 1. The SMILES string of the molecule is CCCOC1CCCN(C(=O)c2ccc(NC)c(C)c2)C1. The van der Waals surface area contributed by atoms with E-state index in [-0.39, 0.29) is 12.0 Å². The number of nitrogens with zero attached hydrogens (tertiary/aromatic N) is 1. The van der Waals surface area contributed by atoms with Crippen molar-refractivity contribution in [1.82, 2.24) is 4.90 Å². The highest BCUT2D eigenvalue weighted by atomic mass is 16.5. The molecule has 1 aliphatic heterocycles. The molecule has 0 spiro atoms. The number of aryl methyl sites for hydroxylation is 1. The number of nitrogens with one attached hydrogen (secondary N) is 1. The number of rotatable bonds is 5. The van der Waals surface area contributed by atoms with Gasteiger partial charge in [0.05, 0.1) is 6.10 Å². The first-order chi connectivity index (χ1) is 10.2. The lowest BCUT2D eigenvalue weighted by Gasteiger charge is -2.32. The van der Waals surface area contributed by atoms with Crippen LogP contribution in [-0.4, -0.2) is 43.7 Å². The van der Waals surface area contributed by atoms with Crippen LogP contribution in [0.4, 0.5) is 5.69 Å². The molecule has 1 saturated heterocycles. The largest absolute Gasteiger partial charge is 0.388 e. The lowest BCUT2D eigenvalue weighted by molar-refractivity contribution is 0.00211. The summed E-state index contributed by atoms with van der Waals surface area (Å²) in [5.41, 5.74) is 2.93. The van der Waals surface area contributed by atoms with E-state index in [1.807, 2.05) is 37.1 Å². The fraction of sp³-hybridized carbons (Fsp3) is 0.588. The van der Waals surface area contributed by atoms with Crippen LogP contribution in [0.1, 0.15) is 42.1 Å². The number of carbonyl (C=O) groups excluding carboxylic acids is 1. The molecule has 2 rings (SSSR count). The molecule has 1 N–H and O–H groups in total. The second-order valence-electron chi connectivity index (χ2n) is 5.67. The van der Waals surface area contributed by atoms with Crippen LogP contribution in [0.25, 0.3) is 0 Å². The normalized spacial score (nSPS) is 18.6. The standard InChI is InChI=1S/C17H26N2O2/c1-4-10-21-15-6-5-9-19(12-15)17(20)14-7-8-16(18-3)13(2)11-14/h7-8,11,15,18H,4-6,9-10,12H2,1-3H3. The number of hydrogen-bond donors (Lipinski definition) is 1. The van der Waals surface area contributed by atoms with E-state index in [1.165, 1.54) is 0 Å². The molecule has 0 radical (unpaired) electrons. The van der Waals surface area contributed by atoms with Crippen LogP contribution >= 0.6 is 0 Å². The fourth-order valence-corrected chi connectivity index (χ4v) is 2.80. The van der Waals surface area contributed by atoms with Gasteiger partial charge in [-0.3, -0.25) is 4.79 Å². The summed E-state index contributed by atoms with van der Waals surface area (Å²) in [7, 11) is 1.89. The predicted octanol–water partition coefficient (Wildman–Crippen LogP) is 3.07. The van der Waals surface area contributed by atoms with Crippen molar-refractivity contribution in [2.24, 2.45) is 0 Å². The number of anilines is 1. The van der Waals surface area contributed by atoms with Crippen LogP contribution in [0.2, 0.25) is 0 Å². The van der Waals surface area contributed by atoms with Crippen molar-refractivity contribution >= 4 is 11.6 Å². The Balaban J connectivity index is 2.03. The van der Waals surface area contributed by atoms with Crippen LogP contribution in [0.3, 0.4) is 0 Å². The molecule has 1 amide bonds. The summed E-state index contributed by atoms with van der Waals surface area (Å²) in [6.07, 6.45) is 3.30. The van der Waals surface area contributed by atoms with Crippen LogP contribution < -0.4 is 5.32 Å². The number of hydrogen-bond acceptors (Lipinski definition) is 3. The Bertz CT molecular complexity index is 488. The minimum atomic E-state index is 0.116. The Morgan fingerprint density at radius 2 is 2.29 bits per heavy atom. The zero-order valence-electron chi connectivity index (χ0n) is 13.3. The van der Waals surface area contributed by atoms with Gasteiger partial charge in [0.15, 0.2) is 0 Å². The maximum Gasteiger partial charge on any atom is 0.253 e. The number of likely N-dealkylation sites (tertiary alicyclic amines) is 1. The molecule has 1 fully saturated rings. The van der Waals surface area contributed by atoms with E-state index in [9.17, 15) is 4.79 Å². The zero-order valence-corrected chi connectivity index (χ0v) is 13.3. The van der Waals surface area contributed by atoms with Gasteiger partial charge in [-0.1, -0.05) is 6.92 Å². The molecule has 4 nitrogen and oxygen atoms in total. The van der Waals surface area contributed by atoms with Crippen LogP contribution in [0.5, 0.6) is 0 Å². The maximum absolute atomic E-state index is 12.6. The van der Waals surface area contributed by atoms with Gasteiger partial charge in [0, 0.05) is 38.0 Å². The lowest BCUT2D eigenvalue weighted by atomic mass is 10.0. The first-order valence-corrected chi connectivity index (χ1v) is 7.85. The monoisotopic (exact) mass is 290 g/mol. The molecule has 21 heavy (non-hydrogen) atoms. The van der Waals surface area contributed by atoms with Crippen molar-refractivity contribution in [3.8, 4) is 0 Å². The number of carbonyl (C=O) groups is 1. The van der Waals surface area contributed by atoms with E-state index in [2.05, 4.69) is 12.2 Å². The molecule has 0 aromatic heterocycles. The molecule has 1 unspecified atom stereocenters. The Hall–Kier alpha value is -1.55. The molecule has 4 heteroatoms. The zero-order chi connectivity index (χ0) is 15.2. The molecule has 0 saturated carbocycles. The molecule has 0 aliphatic carbocycles. The van der Waals surface area contributed by atoms with Crippen molar-refractivity contribution in [2.45, 2.75) is 39.2 Å². The van der Waals surface area contributed by atoms with Crippen molar-refractivity contribution in [2.75, 3.05) is 32.1 Å². The van der Waals surface area contributed by atoms with Gasteiger partial charge in [0.2, 0.25) is 0 Å². The molecule has 1 aromatic rings. The van der Waals surface area contributed by atoms with Gasteiger partial charge >= 0.3 is 0 Å². The summed E-state index contributed by atoms with van der Waals surface area (Å²) in [6, 6.07) is 5.83. The third-order valence-electron chi connectivity index (χ3n) is 3.97. The lowest BCUT2D eigenvalue weighted by Crippen LogP contribution is -2.43. The van der Waals surface area contributed by atoms with Gasteiger partial charge in [-0.25, -0.2) is 0 Å². The van der Waals surface area contributed by atoms with E-state index in [4.69, 9.17) is 4.74 Å². The van der Waals surface area contributed by atoms with E-state index >= 15 is 0 Å². The van der Waals surface area contributed by atoms with Crippen molar-refractivity contribution < 1.29 is 9.53 Å². The van der Waals surface area contributed by atoms with Gasteiger partial charge < -0.3 is 15.0 Å². The molecular weight excluding hydrogens is 264 g/mol. The van der Waals surface area contributed by atoms with E-state index < -0.39 is 0 Å². The Kier molecular flexibility index (Phi) is 5.62. The maximum atomic E-state index is 12.6. The molecule has 116 valence electrons. The summed E-state index contributed by atoms with van der Waals surface area (Å²) >= 11 is 0. The predicted molar refractivity (Wildman–Crippen MR) is 85.9 cm³/mol. The van der Waals surface area contributed by atoms with Crippen molar-refractivity contribution in [3.05, 3.63) is 29.3 Å². The van der Waals surface area contributed by atoms with Gasteiger partial charge in [-0.05, 0) is 49.9 Å². The average molecular weight is 290 g/mol. The van der Waals surface area contributed by atoms with Crippen LogP contribution in [-0.2, 0) is 4.74 Å². The summed E-state index contributed by atoms with van der Waals surface area (Å²) in [6.45, 7) is 6.45. The fourth-order valence-electron chi connectivity index (χ4n) is 2.80. The van der Waals surface area contributed by atoms with E-state index in [1.54, 1.807) is 0 Å². The Morgan fingerprint density at radius 3 is 2.95 bits per heavy atom. The molecule has 1 aliphatic rings. The highest BCUT2D eigenvalue weighted by Crippen LogP contribution is 2.20. The van der Waals surface area contributed by atoms with Crippen molar-refractivity contribution in [1.29, 1.82) is 0 Å². The smallest absolute Gasteiger partial charge is 0.253 e. The molecule has 0 bridgehead atoms. The van der Waals surface area contributed by atoms with Gasteiger partial charge in [0.25, 0.3) is 5.91 Å². The van der Waals surface area contributed by atoms with Crippen molar-refractivity contribution in [3.63, 3.8) is 0 Å². The minimum absolute atomic E-state index is 0.116. The second-order valence-corrected chi connectivity index (χ2v) is 5.67. The summed E-state index contributed by atoms with van der Waals surface area (Å²) in [5.74, 6) is 0.116. The third-order valence-corrected chi connectivity index (χ3v) is 3.97. The van der Waals surface area contributed by atoms with Gasteiger partial charge in [-0.2, -0.15) is 0 Å². The first kappa shape index (κ1) is 15.8. The molecular formula is C17H26N2O2. The van der Waals surface area contributed by atoms with E-state index in [0.29, 0.717) is 6.54 Å². The molecule has 1 aromatic carbocycles. The highest BCUT2D eigenvalue weighted by molar-refractivity contribution is 5.95. The Labute approximate surface area is 127 Å². The number of ether oxygens (including phenoxy) is 1. The second kappa shape index (κ2) is 7.46. The topological polar surface area (TPSA) is 41.6 Å². The van der Waals surface area contributed by atoms with E-state index in [0.717, 1.165) is 49.2 Å². The average Bonchev–Trinajstić information content (AvgIpc) is 2.52. The molecule has 1 heterocycles. The van der Waals surface area contributed by atoms with Crippen LogP contribution in [0.15, 0.2) is 18.2 Å². The summed E-state index contributed by atoms with van der Waals surface area (Å²) in [5, 5.41) is 3.13. The first-order valence-electron chi connectivity index (χ1n) is 7.85. The quantitative estimate of drug-likeness (QED) is 0.906. The van der Waals surface area contributed by atoms with Gasteiger partial charge in [0.1, 0.15) is 0 Å². The Morgan fingerprint density at radius 1 is 1.48 bits per heavy atom. The highest BCUT2D eigenvalue weighted by Gasteiger charge is 2.24. The summed E-state index contributed by atoms with van der Waals surface area (Å²) < 4.78 is 5.80. The third kappa shape index (κ3) is 3.97. The molecule has 1 atom stereocenters. The van der Waals surface area contributed by atoms with Gasteiger partial charge in [-0.15, -0.1) is 0 Å². The number of amides is 1. The van der Waals surface area contributed by atoms with Crippen LogP contribution in [0, 0.1) is 6.92 Å².